The zero-order chi connectivity index (χ0) is 13.8. The van der Waals surface area contributed by atoms with Gasteiger partial charge in [0.15, 0.2) is 0 Å². The van der Waals surface area contributed by atoms with Gasteiger partial charge in [0, 0.05) is 11.6 Å². The molecule has 0 amide bonds. The molecule has 0 aliphatic heterocycles. The Kier molecular flexibility index (Phi) is 3.98. The molecule has 0 aliphatic rings. The van der Waals surface area contributed by atoms with Crippen LogP contribution in [0.5, 0.6) is 0 Å². The minimum atomic E-state index is -0.662. The van der Waals surface area contributed by atoms with Crippen molar-refractivity contribution in [3.8, 4) is 6.07 Å². The van der Waals surface area contributed by atoms with Crippen LogP contribution in [0.15, 0.2) is 36.4 Å². The van der Waals surface area contributed by atoms with E-state index >= 15 is 0 Å². The molecule has 0 atom stereocenters. The van der Waals surface area contributed by atoms with Gasteiger partial charge in [0.2, 0.25) is 0 Å². The van der Waals surface area contributed by atoms with Gasteiger partial charge in [0.05, 0.1) is 11.6 Å². The maximum atomic E-state index is 13.4. The summed E-state index contributed by atoms with van der Waals surface area (Å²) in [6.07, 6.45) is 0. The van der Waals surface area contributed by atoms with Crippen molar-refractivity contribution >= 4 is 17.3 Å². The summed E-state index contributed by atoms with van der Waals surface area (Å²) in [5.41, 5.74) is 0.900. The average molecular weight is 279 g/mol. The van der Waals surface area contributed by atoms with Crippen LogP contribution in [-0.2, 0) is 6.54 Å². The van der Waals surface area contributed by atoms with E-state index in [1.54, 1.807) is 12.1 Å². The van der Waals surface area contributed by atoms with Crippen molar-refractivity contribution in [2.45, 2.75) is 6.54 Å². The molecule has 0 aliphatic carbocycles. The van der Waals surface area contributed by atoms with Crippen LogP contribution >= 0.6 is 11.6 Å². The second-order valence-electron chi connectivity index (χ2n) is 3.87. The van der Waals surface area contributed by atoms with Gasteiger partial charge in [0.1, 0.15) is 17.3 Å². The quantitative estimate of drug-likeness (QED) is 0.917. The smallest absolute Gasteiger partial charge is 0.149 e. The Morgan fingerprint density at radius 3 is 2.42 bits per heavy atom. The highest BCUT2D eigenvalue weighted by molar-refractivity contribution is 6.31. The first kappa shape index (κ1) is 13.3. The fourth-order valence-corrected chi connectivity index (χ4v) is 1.86. The first-order valence-corrected chi connectivity index (χ1v) is 5.86. The molecule has 0 bridgehead atoms. The van der Waals surface area contributed by atoms with Crippen molar-refractivity contribution in [1.29, 1.82) is 5.26 Å². The third-order valence-electron chi connectivity index (χ3n) is 2.60. The maximum absolute atomic E-state index is 13.4. The minimum Gasteiger partial charge on any atom is -0.376 e. The van der Waals surface area contributed by atoms with Crippen LogP contribution in [0, 0.1) is 23.0 Å². The van der Waals surface area contributed by atoms with Gasteiger partial charge in [-0.2, -0.15) is 5.26 Å². The van der Waals surface area contributed by atoms with Gasteiger partial charge in [0.25, 0.3) is 0 Å². The Hall–Kier alpha value is -2.12. The van der Waals surface area contributed by atoms with Crippen molar-refractivity contribution in [2.75, 3.05) is 5.32 Å². The molecule has 0 spiro atoms. The number of anilines is 1. The highest BCUT2D eigenvalue weighted by Crippen LogP contribution is 2.22. The van der Waals surface area contributed by atoms with E-state index in [0.717, 1.165) is 0 Å². The topological polar surface area (TPSA) is 35.8 Å². The van der Waals surface area contributed by atoms with Crippen LogP contribution in [0.3, 0.4) is 0 Å². The molecule has 2 nitrogen and oxygen atoms in total. The summed E-state index contributed by atoms with van der Waals surface area (Å²) in [5, 5.41) is 11.7. The highest BCUT2D eigenvalue weighted by atomic mass is 35.5. The van der Waals surface area contributed by atoms with E-state index < -0.39 is 11.6 Å². The van der Waals surface area contributed by atoms with E-state index in [4.69, 9.17) is 16.9 Å². The summed E-state index contributed by atoms with van der Waals surface area (Å²) in [7, 11) is 0. The van der Waals surface area contributed by atoms with Gasteiger partial charge in [-0.3, -0.25) is 0 Å². The summed E-state index contributed by atoms with van der Waals surface area (Å²) in [6, 6.07) is 10.4. The molecule has 2 aromatic carbocycles. The first-order valence-electron chi connectivity index (χ1n) is 5.48. The van der Waals surface area contributed by atoms with E-state index in [9.17, 15) is 8.78 Å². The van der Waals surface area contributed by atoms with E-state index in [0.29, 0.717) is 16.1 Å². The van der Waals surface area contributed by atoms with Gasteiger partial charge < -0.3 is 5.32 Å². The summed E-state index contributed by atoms with van der Waals surface area (Å²) in [4.78, 5) is 0. The van der Waals surface area contributed by atoms with E-state index in [1.165, 1.54) is 24.3 Å². The fraction of sp³-hybridized carbons (Fsp3) is 0.0714. The molecule has 96 valence electrons. The third-order valence-corrected chi connectivity index (χ3v) is 2.95. The number of rotatable bonds is 3. The van der Waals surface area contributed by atoms with Crippen LogP contribution in [0.2, 0.25) is 5.02 Å². The maximum Gasteiger partial charge on any atom is 0.149 e. The average Bonchev–Trinajstić information content (AvgIpc) is 2.39. The molecule has 2 rings (SSSR count). The lowest BCUT2D eigenvalue weighted by Gasteiger charge is -2.10. The molecule has 5 heteroatoms. The Labute approximate surface area is 114 Å². The molecular formula is C14H9ClF2N2. The molecule has 0 unspecified atom stereocenters. The number of para-hydroxylation sites is 1. The normalized spacial score (nSPS) is 10.0. The third kappa shape index (κ3) is 3.01. The zero-order valence-electron chi connectivity index (χ0n) is 9.75. The first-order chi connectivity index (χ1) is 9.11. The SMILES string of the molecule is N#Cc1ccc(CNc2c(F)cccc2F)c(Cl)c1. The Balaban J connectivity index is 2.17. The molecule has 19 heavy (non-hydrogen) atoms. The van der Waals surface area contributed by atoms with Crippen molar-refractivity contribution in [2.24, 2.45) is 0 Å². The second-order valence-corrected chi connectivity index (χ2v) is 4.28. The summed E-state index contributed by atoms with van der Waals surface area (Å²) in [6.45, 7) is 0.169. The Morgan fingerprint density at radius 2 is 1.84 bits per heavy atom. The van der Waals surface area contributed by atoms with Crippen LogP contribution in [0.1, 0.15) is 11.1 Å². The number of nitrogens with zero attached hydrogens (tertiary/aromatic N) is 1. The fourth-order valence-electron chi connectivity index (χ4n) is 1.61. The van der Waals surface area contributed by atoms with Crippen LogP contribution < -0.4 is 5.32 Å². The predicted molar refractivity (Wildman–Crippen MR) is 69.9 cm³/mol. The lowest BCUT2D eigenvalue weighted by Crippen LogP contribution is -2.04. The van der Waals surface area contributed by atoms with Crippen molar-refractivity contribution in [3.05, 3.63) is 64.2 Å². The molecule has 2 aromatic rings. The van der Waals surface area contributed by atoms with Crippen LogP contribution in [0.4, 0.5) is 14.5 Å². The number of benzene rings is 2. The van der Waals surface area contributed by atoms with Gasteiger partial charge in [-0.05, 0) is 29.8 Å². The lowest BCUT2D eigenvalue weighted by atomic mass is 10.1. The molecular weight excluding hydrogens is 270 g/mol. The summed E-state index contributed by atoms with van der Waals surface area (Å²) < 4.78 is 26.8. The molecule has 0 heterocycles. The predicted octanol–water partition coefficient (Wildman–Crippen LogP) is 4.10. The van der Waals surface area contributed by atoms with Crippen molar-refractivity contribution < 1.29 is 8.78 Å². The van der Waals surface area contributed by atoms with Crippen molar-refractivity contribution in [1.82, 2.24) is 0 Å². The van der Waals surface area contributed by atoms with Crippen molar-refractivity contribution in [3.63, 3.8) is 0 Å². The minimum absolute atomic E-state index is 0.169. The Morgan fingerprint density at radius 1 is 1.16 bits per heavy atom. The molecule has 0 aromatic heterocycles. The molecule has 0 fully saturated rings. The van der Waals surface area contributed by atoms with E-state index in [-0.39, 0.29) is 12.2 Å². The van der Waals surface area contributed by atoms with Gasteiger partial charge in [-0.25, -0.2) is 8.78 Å². The molecule has 0 radical (unpaired) electrons. The van der Waals surface area contributed by atoms with Gasteiger partial charge in [-0.1, -0.05) is 23.7 Å². The van der Waals surface area contributed by atoms with E-state index in [1.807, 2.05) is 6.07 Å². The molecule has 1 N–H and O–H groups in total. The van der Waals surface area contributed by atoms with Crippen LogP contribution in [0.25, 0.3) is 0 Å². The van der Waals surface area contributed by atoms with Gasteiger partial charge >= 0.3 is 0 Å². The number of hydrogen-bond donors (Lipinski definition) is 1. The van der Waals surface area contributed by atoms with Crippen LogP contribution in [-0.4, -0.2) is 0 Å². The number of halogens is 3. The molecule has 0 saturated carbocycles. The number of hydrogen-bond acceptors (Lipinski definition) is 2. The largest absolute Gasteiger partial charge is 0.376 e. The zero-order valence-corrected chi connectivity index (χ0v) is 10.5. The molecule has 0 saturated heterocycles. The van der Waals surface area contributed by atoms with Gasteiger partial charge in [-0.15, -0.1) is 0 Å². The Bertz CT molecular complexity index is 630. The summed E-state index contributed by atoms with van der Waals surface area (Å²) in [5.74, 6) is -1.32. The number of nitrogens with one attached hydrogen (secondary N) is 1. The summed E-state index contributed by atoms with van der Waals surface area (Å²) >= 11 is 5.98. The lowest BCUT2D eigenvalue weighted by molar-refractivity contribution is 0.588. The standard InChI is InChI=1S/C14H9ClF2N2/c15-11-6-9(7-18)4-5-10(11)8-19-14-12(16)2-1-3-13(14)17/h1-6,19H,8H2. The monoisotopic (exact) mass is 278 g/mol. The highest BCUT2D eigenvalue weighted by Gasteiger charge is 2.08. The second kappa shape index (κ2) is 5.68. The van der Waals surface area contributed by atoms with E-state index in [2.05, 4.69) is 5.32 Å². The number of nitriles is 1.